The highest BCUT2D eigenvalue weighted by Gasteiger charge is 2.04. The van der Waals surface area contributed by atoms with Crippen molar-refractivity contribution in [2.75, 3.05) is 11.9 Å². The van der Waals surface area contributed by atoms with Gasteiger partial charge in [0.05, 0.1) is 6.20 Å². The molecule has 0 aliphatic carbocycles. The van der Waals surface area contributed by atoms with E-state index in [4.69, 9.17) is 11.1 Å². The Hall–Kier alpha value is -2.43. The summed E-state index contributed by atoms with van der Waals surface area (Å²) in [4.78, 5) is 5.79. The molecule has 0 radical (unpaired) electrons. The maximum Gasteiger partial charge on any atom is 0.141 e. The molecule has 0 unspecified atom stereocenters. The number of halogens is 1. The average Bonchev–Trinajstić information content (AvgIpc) is 2.39. The molecule has 0 saturated heterocycles. The molecule has 0 saturated carbocycles. The van der Waals surface area contributed by atoms with Gasteiger partial charge in [-0.2, -0.15) is 0 Å². The minimum Gasteiger partial charge on any atom is -0.384 e. The SMILES string of the molecule is CN(Cc1cncc(F)c1)c1ccc(C(=N)N)cc1. The van der Waals surface area contributed by atoms with Crippen LogP contribution in [0.15, 0.2) is 42.7 Å². The highest BCUT2D eigenvalue weighted by molar-refractivity contribution is 5.95. The van der Waals surface area contributed by atoms with Crippen molar-refractivity contribution < 1.29 is 4.39 Å². The summed E-state index contributed by atoms with van der Waals surface area (Å²) in [5.41, 5.74) is 7.86. The predicted octanol–water partition coefficient (Wildman–Crippen LogP) is 2.14. The van der Waals surface area contributed by atoms with Crippen LogP contribution in [0.1, 0.15) is 11.1 Å². The Morgan fingerprint density at radius 1 is 1.32 bits per heavy atom. The Labute approximate surface area is 111 Å². The number of pyridine rings is 1. The lowest BCUT2D eigenvalue weighted by Crippen LogP contribution is -2.17. The van der Waals surface area contributed by atoms with Gasteiger partial charge in [0.15, 0.2) is 0 Å². The zero-order valence-corrected chi connectivity index (χ0v) is 10.6. The number of rotatable bonds is 4. The quantitative estimate of drug-likeness (QED) is 0.652. The second-order valence-corrected chi connectivity index (χ2v) is 4.33. The van der Waals surface area contributed by atoms with Gasteiger partial charge in [0.2, 0.25) is 0 Å². The van der Waals surface area contributed by atoms with E-state index < -0.39 is 0 Å². The van der Waals surface area contributed by atoms with Crippen LogP contribution < -0.4 is 10.6 Å². The van der Waals surface area contributed by atoms with Gasteiger partial charge in [-0.05, 0) is 35.9 Å². The number of nitrogens with two attached hydrogens (primary N) is 1. The molecular weight excluding hydrogens is 243 g/mol. The number of nitrogens with one attached hydrogen (secondary N) is 1. The lowest BCUT2D eigenvalue weighted by Gasteiger charge is -2.19. The third-order valence-electron chi connectivity index (χ3n) is 2.80. The molecule has 5 heteroatoms. The molecule has 0 atom stereocenters. The van der Waals surface area contributed by atoms with Crippen LogP contribution in [0.3, 0.4) is 0 Å². The normalized spacial score (nSPS) is 10.2. The van der Waals surface area contributed by atoms with Crippen molar-refractivity contribution >= 4 is 11.5 Å². The zero-order chi connectivity index (χ0) is 13.8. The van der Waals surface area contributed by atoms with Gasteiger partial charge < -0.3 is 10.6 Å². The standard InChI is InChI=1S/C14H15FN4/c1-19(9-10-6-12(15)8-18-7-10)13-4-2-11(3-5-13)14(16)17/h2-8H,9H2,1H3,(H3,16,17). The molecule has 3 N–H and O–H groups in total. The van der Waals surface area contributed by atoms with Gasteiger partial charge >= 0.3 is 0 Å². The molecular formula is C14H15FN4. The number of anilines is 1. The smallest absolute Gasteiger partial charge is 0.141 e. The molecule has 0 bridgehead atoms. The van der Waals surface area contributed by atoms with Crippen LogP contribution in [-0.4, -0.2) is 17.9 Å². The largest absolute Gasteiger partial charge is 0.384 e. The van der Waals surface area contributed by atoms with Gasteiger partial charge in [0, 0.05) is 31.0 Å². The second-order valence-electron chi connectivity index (χ2n) is 4.33. The fraction of sp³-hybridized carbons (Fsp3) is 0.143. The summed E-state index contributed by atoms with van der Waals surface area (Å²) >= 11 is 0. The summed E-state index contributed by atoms with van der Waals surface area (Å²) in [5, 5.41) is 7.33. The summed E-state index contributed by atoms with van der Waals surface area (Å²) in [6.07, 6.45) is 2.83. The molecule has 0 spiro atoms. The van der Waals surface area contributed by atoms with E-state index >= 15 is 0 Å². The van der Waals surface area contributed by atoms with Gasteiger partial charge in [-0.1, -0.05) is 0 Å². The second kappa shape index (κ2) is 5.48. The number of amidine groups is 1. The van der Waals surface area contributed by atoms with Gasteiger partial charge in [0.25, 0.3) is 0 Å². The first-order chi connectivity index (χ1) is 9.06. The molecule has 0 amide bonds. The molecule has 1 aromatic carbocycles. The Kier molecular flexibility index (Phi) is 3.75. The van der Waals surface area contributed by atoms with Crippen LogP contribution >= 0.6 is 0 Å². The number of nitrogen functional groups attached to an aromatic ring is 1. The Morgan fingerprint density at radius 2 is 2.00 bits per heavy atom. The first kappa shape index (κ1) is 13.0. The lowest BCUT2D eigenvalue weighted by atomic mass is 10.1. The van der Waals surface area contributed by atoms with E-state index in [0.29, 0.717) is 12.1 Å². The highest BCUT2D eigenvalue weighted by Crippen LogP contribution is 2.16. The number of hydrogen-bond acceptors (Lipinski definition) is 3. The van der Waals surface area contributed by atoms with E-state index in [9.17, 15) is 4.39 Å². The Bertz CT molecular complexity index is 580. The summed E-state index contributed by atoms with van der Waals surface area (Å²) < 4.78 is 13.0. The van der Waals surface area contributed by atoms with Gasteiger partial charge in [-0.3, -0.25) is 10.4 Å². The van der Waals surface area contributed by atoms with Crippen LogP contribution in [0.4, 0.5) is 10.1 Å². The molecule has 2 aromatic rings. The van der Waals surface area contributed by atoms with Crippen molar-refractivity contribution in [3.8, 4) is 0 Å². The molecule has 0 aliphatic rings. The maximum atomic E-state index is 13.0. The van der Waals surface area contributed by atoms with Crippen LogP contribution in [0.25, 0.3) is 0 Å². The van der Waals surface area contributed by atoms with Crippen molar-refractivity contribution in [3.05, 3.63) is 59.7 Å². The van der Waals surface area contributed by atoms with Crippen LogP contribution in [-0.2, 0) is 6.54 Å². The first-order valence-corrected chi connectivity index (χ1v) is 5.81. The fourth-order valence-electron chi connectivity index (χ4n) is 1.80. The number of hydrogen-bond donors (Lipinski definition) is 2. The zero-order valence-electron chi connectivity index (χ0n) is 10.6. The van der Waals surface area contributed by atoms with Crippen LogP contribution in [0.5, 0.6) is 0 Å². The topological polar surface area (TPSA) is 66.0 Å². The number of nitrogens with zero attached hydrogens (tertiary/aromatic N) is 2. The molecule has 0 aliphatic heterocycles. The lowest BCUT2D eigenvalue weighted by molar-refractivity contribution is 0.618. The first-order valence-electron chi connectivity index (χ1n) is 5.81. The van der Waals surface area contributed by atoms with E-state index in [1.165, 1.54) is 12.3 Å². The van der Waals surface area contributed by atoms with Crippen molar-refractivity contribution in [3.63, 3.8) is 0 Å². The van der Waals surface area contributed by atoms with Crippen molar-refractivity contribution in [1.82, 2.24) is 4.98 Å². The molecule has 19 heavy (non-hydrogen) atoms. The van der Waals surface area contributed by atoms with E-state index in [1.807, 2.05) is 24.1 Å². The van der Waals surface area contributed by atoms with Gasteiger partial charge in [-0.15, -0.1) is 0 Å². The number of benzene rings is 1. The summed E-state index contributed by atoms with van der Waals surface area (Å²) in [7, 11) is 1.91. The monoisotopic (exact) mass is 258 g/mol. The van der Waals surface area contributed by atoms with Gasteiger partial charge in [-0.25, -0.2) is 4.39 Å². The summed E-state index contributed by atoms with van der Waals surface area (Å²) in [6, 6.07) is 8.80. The maximum absolute atomic E-state index is 13.0. The molecule has 4 nitrogen and oxygen atoms in total. The third-order valence-corrected chi connectivity index (χ3v) is 2.80. The predicted molar refractivity (Wildman–Crippen MR) is 73.8 cm³/mol. The van der Waals surface area contributed by atoms with Crippen LogP contribution in [0.2, 0.25) is 0 Å². The summed E-state index contributed by atoms with van der Waals surface area (Å²) in [5.74, 6) is -0.290. The molecule has 98 valence electrons. The van der Waals surface area contributed by atoms with E-state index in [-0.39, 0.29) is 11.7 Å². The molecule has 2 rings (SSSR count). The average molecular weight is 258 g/mol. The fourth-order valence-corrected chi connectivity index (χ4v) is 1.80. The Balaban J connectivity index is 2.11. The van der Waals surface area contributed by atoms with Crippen molar-refractivity contribution in [2.45, 2.75) is 6.54 Å². The van der Waals surface area contributed by atoms with Crippen LogP contribution in [0, 0.1) is 11.2 Å². The highest BCUT2D eigenvalue weighted by atomic mass is 19.1. The molecule has 0 fully saturated rings. The van der Waals surface area contributed by atoms with Crippen molar-refractivity contribution in [2.24, 2.45) is 5.73 Å². The minimum absolute atomic E-state index is 0.0449. The third kappa shape index (κ3) is 3.28. The molecule has 1 aromatic heterocycles. The minimum atomic E-state index is -0.335. The van der Waals surface area contributed by atoms with Gasteiger partial charge in [0.1, 0.15) is 11.7 Å². The molecule has 1 heterocycles. The summed E-state index contributed by atoms with van der Waals surface area (Å²) in [6.45, 7) is 0.560. The number of aromatic nitrogens is 1. The van der Waals surface area contributed by atoms with E-state index in [1.54, 1.807) is 18.3 Å². The van der Waals surface area contributed by atoms with E-state index in [0.717, 1.165) is 11.3 Å². The van der Waals surface area contributed by atoms with E-state index in [2.05, 4.69) is 4.98 Å². The Morgan fingerprint density at radius 3 is 2.58 bits per heavy atom. The van der Waals surface area contributed by atoms with Crippen molar-refractivity contribution in [1.29, 1.82) is 5.41 Å².